The van der Waals surface area contributed by atoms with Gasteiger partial charge in [-0.05, 0) is 38.3 Å². The molecule has 0 bridgehead atoms. The molecule has 0 radical (unpaired) electrons. The third-order valence-electron chi connectivity index (χ3n) is 2.78. The summed E-state index contributed by atoms with van der Waals surface area (Å²) < 4.78 is 0. The van der Waals surface area contributed by atoms with Gasteiger partial charge >= 0.3 is 0 Å². The van der Waals surface area contributed by atoms with E-state index in [1.165, 1.54) is 38.9 Å². The lowest BCUT2D eigenvalue weighted by Gasteiger charge is -2.36. The Labute approximate surface area is 86.7 Å². The third kappa shape index (κ3) is 2.77. The normalized spacial score (nSPS) is 34.0. The van der Waals surface area contributed by atoms with Gasteiger partial charge < -0.3 is 10.6 Å². The molecule has 2 aliphatic heterocycles. The molecule has 2 N–H and O–H groups in total. The first kappa shape index (κ1) is 12.5. The molecule has 2 saturated heterocycles. The van der Waals surface area contributed by atoms with E-state index < -0.39 is 0 Å². The lowest BCUT2D eigenvalue weighted by Crippen LogP contribution is -2.51. The summed E-state index contributed by atoms with van der Waals surface area (Å²) in [6.07, 6.45) is 4.23. The highest BCUT2D eigenvalue weighted by Gasteiger charge is 2.26. The summed E-state index contributed by atoms with van der Waals surface area (Å²) in [6.45, 7) is 3.68. The highest BCUT2D eigenvalue weighted by Crippen LogP contribution is 2.21. The first-order valence-electron chi connectivity index (χ1n) is 4.41. The van der Waals surface area contributed by atoms with Crippen LogP contribution in [-0.4, -0.2) is 25.7 Å². The molecule has 2 rings (SSSR count). The maximum absolute atomic E-state index is 3.56. The molecule has 2 atom stereocenters. The Balaban J connectivity index is 0.000000605. The second kappa shape index (κ2) is 6.03. The molecule has 2 nitrogen and oxygen atoms in total. The molecule has 2 fully saturated rings. The lowest BCUT2D eigenvalue weighted by atomic mass is 9.86. The van der Waals surface area contributed by atoms with Gasteiger partial charge in [0.05, 0.1) is 0 Å². The largest absolute Gasteiger partial charge is 0.315 e. The van der Waals surface area contributed by atoms with E-state index in [0.717, 1.165) is 12.0 Å². The van der Waals surface area contributed by atoms with Gasteiger partial charge in [0.25, 0.3) is 0 Å². The van der Waals surface area contributed by atoms with Crippen LogP contribution in [0.15, 0.2) is 0 Å². The van der Waals surface area contributed by atoms with Gasteiger partial charge in [0.1, 0.15) is 0 Å². The van der Waals surface area contributed by atoms with Gasteiger partial charge in [0, 0.05) is 12.6 Å². The minimum atomic E-state index is 0. The zero-order valence-corrected chi connectivity index (χ0v) is 8.85. The van der Waals surface area contributed by atoms with Crippen molar-refractivity contribution in [3.63, 3.8) is 0 Å². The number of rotatable bonds is 0. The van der Waals surface area contributed by atoms with E-state index in [2.05, 4.69) is 10.6 Å². The highest BCUT2D eigenvalue weighted by molar-refractivity contribution is 5.85. The SMILES string of the molecule is C1CN[C@@H]2CNCC[C@@H]2C1.Cl.Cl. The molecule has 0 spiro atoms. The number of halogens is 2. The zero-order chi connectivity index (χ0) is 6.81. The molecule has 0 amide bonds. The fourth-order valence-electron chi connectivity index (χ4n) is 2.15. The van der Waals surface area contributed by atoms with Crippen molar-refractivity contribution in [2.24, 2.45) is 5.92 Å². The molecule has 4 heteroatoms. The van der Waals surface area contributed by atoms with Crippen LogP contribution in [-0.2, 0) is 0 Å². The van der Waals surface area contributed by atoms with Crippen molar-refractivity contribution in [1.82, 2.24) is 10.6 Å². The highest BCUT2D eigenvalue weighted by atomic mass is 35.5. The lowest BCUT2D eigenvalue weighted by molar-refractivity contribution is 0.225. The van der Waals surface area contributed by atoms with Gasteiger partial charge in [-0.1, -0.05) is 0 Å². The Bertz CT molecular complexity index is 95.6. The van der Waals surface area contributed by atoms with E-state index in [1.54, 1.807) is 0 Å². The van der Waals surface area contributed by atoms with E-state index in [0.29, 0.717) is 0 Å². The van der Waals surface area contributed by atoms with E-state index in [-0.39, 0.29) is 24.8 Å². The maximum atomic E-state index is 3.56. The molecular formula is C8H18Cl2N2. The van der Waals surface area contributed by atoms with Crippen molar-refractivity contribution in [1.29, 1.82) is 0 Å². The summed E-state index contributed by atoms with van der Waals surface area (Å²) >= 11 is 0. The van der Waals surface area contributed by atoms with E-state index in [9.17, 15) is 0 Å². The monoisotopic (exact) mass is 212 g/mol. The van der Waals surface area contributed by atoms with Crippen molar-refractivity contribution >= 4 is 24.8 Å². The van der Waals surface area contributed by atoms with Gasteiger partial charge in [0.15, 0.2) is 0 Å². The van der Waals surface area contributed by atoms with Crippen molar-refractivity contribution in [2.75, 3.05) is 19.6 Å². The van der Waals surface area contributed by atoms with E-state index >= 15 is 0 Å². The van der Waals surface area contributed by atoms with Crippen LogP contribution in [0.2, 0.25) is 0 Å². The number of fused-ring (bicyclic) bond motifs is 1. The van der Waals surface area contributed by atoms with Crippen LogP contribution in [0.5, 0.6) is 0 Å². The van der Waals surface area contributed by atoms with Crippen molar-refractivity contribution < 1.29 is 0 Å². The molecule has 0 aliphatic carbocycles. The average Bonchev–Trinajstić information content (AvgIpc) is 2.05. The fraction of sp³-hybridized carbons (Fsp3) is 1.00. The van der Waals surface area contributed by atoms with Gasteiger partial charge in [-0.2, -0.15) is 0 Å². The Morgan fingerprint density at radius 1 is 1.00 bits per heavy atom. The molecule has 0 aromatic rings. The molecule has 2 heterocycles. The molecule has 0 aromatic carbocycles. The van der Waals surface area contributed by atoms with Crippen molar-refractivity contribution in [2.45, 2.75) is 25.3 Å². The Kier molecular flexibility index (Phi) is 6.28. The second-order valence-electron chi connectivity index (χ2n) is 3.46. The Morgan fingerprint density at radius 3 is 2.58 bits per heavy atom. The molecule has 2 aliphatic rings. The first-order chi connectivity index (χ1) is 4.97. The molecule has 74 valence electrons. The van der Waals surface area contributed by atoms with Crippen LogP contribution in [0, 0.1) is 5.92 Å². The van der Waals surface area contributed by atoms with Crippen LogP contribution in [0.25, 0.3) is 0 Å². The molecular weight excluding hydrogens is 195 g/mol. The van der Waals surface area contributed by atoms with Gasteiger partial charge in [0.2, 0.25) is 0 Å². The number of piperidine rings is 2. The maximum Gasteiger partial charge on any atom is 0.0221 e. The average molecular weight is 213 g/mol. The van der Waals surface area contributed by atoms with Gasteiger partial charge in [-0.15, -0.1) is 24.8 Å². The standard InChI is InChI=1S/C8H16N2.2ClH/c1-2-7-3-5-9-6-8(7)10-4-1;;/h7-10H,1-6H2;2*1H/t7-,8+;;/m0../s1. The number of nitrogens with one attached hydrogen (secondary N) is 2. The van der Waals surface area contributed by atoms with Crippen LogP contribution < -0.4 is 10.6 Å². The van der Waals surface area contributed by atoms with Gasteiger partial charge in [-0.3, -0.25) is 0 Å². The van der Waals surface area contributed by atoms with E-state index in [4.69, 9.17) is 0 Å². The minimum absolute atomic E-state index is 0. The summed E-state index contributed by atoms with van der Waals surface area (Å²) in [6, 6.07) is 0.794. The predicted molar refractivity (Wildman–Crippen MR) is 56.5 cm³/mol. The topological polar surface area (TPSA) is 24.1 Å². The zero-order valence-electron chi connectivity index (χ0n) is 7.21. The predicted octanol–water partition coefficient (Wildman–Crippen LogP) is 1.19. The van der Waals surface area contributed by atoms with Crippen LogP contribution in [0.4, 0.5) is 0 Å². The first-order valence-corrected chi connectivity index (χ1v) is 4.41. The molecule has 0 unspecified atom stereocenters. The minimum Gasteiger partial charge on any atom is -0.315 e. The summed E-state index contributed by atoms with van der Waals surface area (Å²) in [5.74, 6) is 0.981. The Morgan fingerprint density at radius 2 is 1.83 bits per heavy atom. The summed E-state index contributed by atoms with van der Waals surface area (Å²) in [5, 5.41) is 6.98. The summed E-state index contributed by atoms with van der Waals surface area (Å²) in [5.41, 5.74) is 0. The smallest absolute Gasteiger partial charge is 0.0221 e. The van der Waals surface area contributed by atoms with E-state index in [1.807, 2.05) is 0 Å². The van der Waals surface area contributed by atoms with Crippen molar-refractivity contribution in [3.05, 3.63) is 0 Å². The Hall–Kier alpha value is 0.500. The van der Waals surface area contributed by atoms with Gasteiger partial charge in [-0.25, -0.2) is 0 Å². The molecule has 0 saturated carbocycles. The second-order valence-corrected chi connectivity index (χ2v) is 3.46. The van der Waals surface area contributed by atoms with Crippen LogP contribution in [0.1, 0.15) is 19.3 Å². The molecule has 0 aromatic heterocycles. The van der Waals surface area contributed by atoms with Crippen molar-refractivity contribution in [3.8, 4) is 0 Å². The van der Waals surface area contributed by atoms with Crippen LogP contribution in [0.3, 0.4) is 0 Å². The number of hydrogen-bond acceptors (Lipinski definition) is 2. The number of hydrogen-bond donors (Lipinski definition) is 2. The summed E-state index contributed by atoms with van der Waals surface area (Å²) in [4.78, 5) is 0. The molecule has 12 heavy (non-hydrogen) atoms. The third-order valence-corrected chi connectivity index (χ3v) is 2.78. The van der Waals surface area contributed by atoms with Crippen LogP contribution >= 0.6 is 24.8 Å². The quantitative estimate of drug-likeness (QED) is 0.631. The summed E-state index contributed by atoms with van der Waals surface area (Å²) in [7, 11) is 0. The fourth-order valence-corrected chi connectivity index (χ4v) is 2.15.